The maximum absolute atomic E-state index is 9.85. The molecule has 0 fully saturated rings. The number of benzene rings is 1. The molecule has 1 aromatic carbocycles. The fourth-order valence-corrected chi connectivity index (χ4v) is 1.86. The van der Waals surface area contributed by atoms with Crippen LogP contribution in [0.15, 0.2) is 6.07 Å². The van der Waals surface area contributed by atoms with Gasteiger partial charge in [-0.1, -0.05) is 17.7 Å². The Morgan fingerprint density at radius 2 is 1.71 bits per heavy atom. The lowest BCUT2D eigenvalue weighted by molar-refractivity contribution is 0.0751. The number of aliphatic hydroxyl groups is 1. The molecule has 0 aliphatic heterocycles. The molecule has 2 N–H and O–H groups in total. The van der Waals surface area contributed by atoms with Gasteiger partial charge in [0.15, 0.2) is 0 Å². The first-order valence-corrected chi connectivity index (χ1v) is 4.84. The van der Waals surface area contributed by atoms with E-state index in [2.05, 4.69) is 0 Å². The normalized spacial score (nSPS) is 11.9. The quantitative estimate of drug-likeness (QED) is 0.755. The topological polar surface area (TPSA) is 40.5 Å². The van der Waals surface area contributed by atoms with Crippen molar-refractivity contribution in [2.45, 2.75) is 33.3 Å². The molecule has 1 rings (SSSR count). The maximum Gasteiger partial charge on any atom is 0.140 e. The van der Waals surface area contributed by atoms with E-state index in [1.54, 1.807) is 13.8 Å². The molecule has 0 aromatic heterocycles. The molecule has 0 radical (unpaired) electrons. The summed E-state index contributed by atoms with van der Waals surface area (Å²) in [6.07, 6.45) is 0. The Labute approximate surface area is 89.1 Å². The zero-order chi connectivity index (χ0) is 11.1. The number of hydrogen-bond acceptors (Lipinski definition) is 2. The Hall–Kier alpha value is -0.730. The minimum atomic E-state index is -1.08. The van der Waals surface area contributed by atoms with E-state index in [0.717, 1.165) is 11.1 Å². The van der Waals surface area contributed by atoms with E-state index in [-0.39, 0.29) is 5.75 Å². The molecular formula is C11H15ClO2. The minimum Gasteiger partial charge on any atom is -0.506 e. The predicted molar refractivity (Wildman–Crippen MR) is 57.8 cm³/mol. The van der Waals surface area contributed by atoms with Gasteiger partial charge in [0.1, 0.15) is 5.75 Å². The largest absolute Gasteiger partial charge is 0.506 e. The standard InChI is InChI=1S/C11H15ClO2/c1-6-5-7(2)9(12)10(13)8(6)11(3,4)14/h5,13-14H,1-4H3. The Morgan fingerprint density at radius 3 is 2.14 bits per heavy atom. The van der Waals surface area contributed by atoms with Gasteiger partial charge in [-0.25, -0.2) is 0 Å². The molecule has 1 aromatic rings. The predicted octanol–water partition coefficient (Wildman–Crippen LogP) is 2.89. The van der Waals surface area contributed by atoms with Crippen molar-refractivity contribution in [3.8, 4) is 5.75 Å². The van der Waals surface area contributed by atoms with Crippen molar-refractivity contribution in [3.63, 3.8) is 0 Å². The Bertz CT molecular complexity index is 365. The Kier molecular flexibility index (Phi) is 2.79. The summed E-state index contributed by atoms with van der Waals surface area (Å²) in [5.41, 5.74) is 1.07. The van der Waals surface area contributed by atoms with Crippen LogP contribution >= 0.6 is 11.6 Å². The summed E-state index contributed by atoms with van der Waals surface area (Å²) in [4.78, 5) is 0. The van der Waals surface area contributed by atoms with E-state index in [1.807, 2.05) is 19.9 Å². The van der Waals surface area contributed by atoms with Crippen molar-refractivity contribution in [2.75, 3.05) is 0 Å². The third-order valence-electron chi connectivity index (χ3n) is 2.23. The number of aromatic hydroxyl groups is 1. The number of aryl methyl sites for hydroxylation is 2. The SMILES string of the molecule is Cc1cc(C)c(C(C)(C)O)c(O)c1Cl. The molecule has 0 saturated carbocycles. The van der Waals surface area contributed by atoms with Crippen LogP contribution in [0.1, 0.15) is 30.5 Å². The lowest BCUT2D eigenvalue weighted by Gasteiger charge is -2.23. The van der Waals surface area contributed by atoms with E-state index >= 15 is 0 Å². The lowest BCUT2D eigenvalue weighted by Crippen LogP contribution is -2.17. The first-order valence-electron chi connectivity index (χ1n) is 4.46. The van der Waals surface area contributed by atoms with E-state index in [1.165, 1.54) is 0 Å². The monoisotopic (exact) mass is 214 g/mol. The molecule has 0 aliphatic carbocycles. The second kappa shape index (κ2) is 3.44. The highest BCUT2D eigenvalue weighted by atomic mass is 35.5. The highest BCUT2D eigenvalue weighted by Gasteiger charge is 2.24. The zero-order valence-electron chi connectivity index (χ0n) is 8.85. The molecule has 0 spiro atoms. The highest BCUT2D eigenvalue weighted by molar-refractivity contribution is 6.32. The zero-order valence-corrected chi connectivity index (χ0v) is 9.61. The Morgan fingerprint density at radius 1 is 1.21 bits per heavy atom. The average Bonchev–Trinajstić information content (AvgIpc) is 1.97. The van der Waals surface area contributed by atoms with Gasteiger partial charge in [0.2, 0.25) is 0 Å². The summed E-state index contributed by atoms with van der Waals surface area (Å²) in [6.45, 7) is 6.92. The van der Waals surface area contributed by atoms with Gasteiger partial charge >= 0.3 is 0 Å². The van der Waals surface area contributed by atoms with Crippen molar-refractivity contribution in [1.82, 2.24) is 0 Å². The van der Waals surface area contributed by atoms with Crippen LogP contribution in [0.4, 0.5) is 0 Å². The number of phenols is 1. The lowest BCUT2D eigenvalue weighted by atomic mass is 9.91. The summed E-state index contributed by atoms with van der Waals surface area (Å²) in [7, 11) is 0. The molecule has 0 saturated heterocycles. The number of phenolic OH excluding ortho intramolecular Hbond substituents is 1. The minimum absolute atomic E-state index is 0.0170. The number of hydrogen-bond donors (Lipinski definition) is 2. The van der Waals surface area contributed by atoms with Crippen LogP contribution in [0.5, 0.6) is 5.75 Å². The van der Waals surface area contributed by atoms with Crippen LogP contribution in [-0.2, 0) is 5.60 Å². The summed E-state index contributed by atoms with van der Waals surface area (Å²) in [5.74, 6) is -0.0170. The smallest absolute Gasteiger partial charge is 0.140 e. The highest BCUT2D eigenvalue weighted by Crippen LogP contribution is 2.38. The van der Waals surface area contributed by atoms with Crippen molar-refractivity contribution in [3.05, 3.63) is 27.8 Å². The summed E-state index contributed by atoms with van der Waals surface area (Å²) in [5, 5.41) is 20.0. The number of halogens is 1. The van der Waals surface area contributed by atoms with Crippen LogP contribution in [0.25, 0.3) is 0 Å². The molecule has 2 nitrogen and oxygen atoms in total. The van der Waals surface area contributed by atoms with E-state index in [0.29, 0.717) is 10.6 Å². The van der Waals surface area contributed by atoms with Gasteiger partial charge in [0, 0.05) is 5.56 Å². The molecule has 0 amide bonds. The van der Waals surface area contributed by atoms with Crippen molar-refractivity contribution >= 4 is 11.6 Å². The number of rotatable bonds is 1. The molecule has 0 heterocycles. The van der Waals surface area contributed by atoms with Crippen LogP contribution in [0, 0.1) is 13.8 Å². The van der Waals surface area contributed by atoms with Gasteiger partial charge in [-0.3, -0.25) is 0 Å². The van der Waals surface area contributed by atoms with Crippen molar-refractivity contribution in [1.29, 1.82) is 0 Å². The molecular weight excluding hydrogens is 200 g/mol. The van der Waals surface area contributed by atoms with Crippen LogP contribution in [-0.4, -0.2) is 10.2 Å². The van der Waals surface area contributed by atoms with E-state index in [4.69, 9.17) is 11.6 Å². The van der Waals surface area contributed by atoms with Gasteiger partial charge in [-0.2, -0.15) is 0 Å². The third kappa shape index (κ3) is 1.86. The summed E-state index contributed by atoms with van der Waals surface area (Å²) >= 11 is 5.90. The first-order chi connectivity index (χ1) is 6.25. The van der Waals surface area contributed by atoms with Gasteiger partial charge in [-0.05, 0) is 38.8 Å². The van der Waals surface area contributed by atoms with Crippen LogP contribution in [0.3, 0.4) is 0 Å². The van der Waals surface area contributed by atoms with Gasteiger partial charge in [0.05, 0.1) is 10.6 Å². The van der Waals surface area contributed by atoms with E-state index < -0.39 is 5.60 Å². The van der Waals surface area contributed by atoms with Crippen LogP contribution < -0.4 is 0 Å². The molecule has 0 unspecified atom stereocenters. The van der Waals surface area contributed by atoms with Crippen molar-refractivity contribution in [2.24, 2.45) is 0 Å². The average molecular weight is 215 g/mol. The first kappa shape index (κ1) is 11.3. The molecule has 14 heavy (non-hydrogen) atoms. The van der Waals surface area contributed by atoms with Gasteiger partial charge in [0.25, 0.3) is 0 Å². The second-order valence-electron chi connectivity index (χ2n) is 4.11. The molecule has 3 heteroatoms. The third-order valence-corrected chi connectivity index (χ3v) is 2.71. The molecule has 78 valence electrons. The second-order valence-corrected chi connectivity index (χ2v) is 4.48. The fraction of sp³-hybridized carbons (Fsp3) is 0.455. The summed E-state index contributed by atoms with van der Waals surface area (Å²) < 4.78 is 0. The molecule has 0 atom stereocenters. The summed E-state index contributed by atoms with van der Waals surface area (Å²) in [6, 6.07) is 1.86. The van der Waals surface area contributed by atoms with Crippen molar-refractivity contribution < 1.29 is 10.2 Å². The molecule has 0 bridgehead atoms. The maximum atomic E-state index is 9.85. The van der Waals surface area contributed by atoms with E-state index in [9.17, 15) is 10.2 Å². The fourth-order valence-electron chi connectivity index (χ4n) is 1.72. The Balaban J connectivity index is 3.53. The van der Waals surface area contributed by atoms with Crippen LogP contribution in [0.2, 0.25) is 5.02 Å². The van der Waals surface area contributed by atoms with Gasteiger partial charge in [-0.15, -0.1) is 0 Å². The molecule has 0 aliphatic rings. The van der Waals surface area contributed by atoms with Gasteiger partial charge < -0.3 is 10.2 Å².